The molecule has 1 atom stereocenters. The van der Waals surface area contributed by atoms with Gasteiger partial charge in [0, 0.05) is 48.4 Å². The van der Waals surface area contributed by atoms with E-state index in [2.05, 4.69) is 41.6 Å². The number of aromatic nitrogens is 5. The second-order valence-electron chi connectivity index (χ2n) is 12.7. The highest BCUT2D eigenvalue weighted by Crippen LogP contribution is 2.29. The zero-order valence-electron chi connectivity index (χ0n) is 27.3. The van der Waals surface area contributed by atoms with Gasteiger partial charge >= 0.3 is 0 Å². The van der Waals surface area contributed by atoms with E-state index < -0.39 is 6.04 Å². The monoisotopic (exact) mass is 664 g/mol. The quantitative estimate of drug-likeness (QED) is 0.169. The summed E-state index contributed by atoms with van der Waals surface area (Å²) in [6, 6.07) is 15.7. The number of H-pyrrole nitrogens is 1. The molecule has 6 N–H and O–H groups in total. The molecule has 3 heterocycles. The molecule has 4 amide bonds. The van der Waals surface area contributed by atoms with E-state index in [0.29, 0.717) is 37.1 Å². The van der Waals surface area contributed by atoms with Crippen LogP contribution in [0.25, 0.3) is 22.5 Å². The number of nitrogens with two attached hydrogens (primary N) is 1. The number of pyridine rings is 1. The van der Waals surface area contributed by atoms with Gasteiger partial charge in [0.25, 0.3) is 5.91 Å². The molecular weight excluding hydrogens is 624 g/mol. The van der Waals surface area contributed by atoms with Crippen LogP contribution in [0.15, 0.2) is 60.8 Å². The summed E-state index contributed by atoms with van der Waals surface area (Å²) in [7, 11) is 0. The Hall–Kier alpha value is -5.50. The summed E-state index contributed by atoms with van der Waals surface area (Å²) in [5.41, 5.74) is 10.9. The first-order valence-corrected chi connectivity index (χ1v) is 16.5. The number of tetrazole rings is 1. The van der Waals surface area contributed by atoms with E-state index >= 15 is 0 Å². The van der Waals surface area contributed by atoms with Crippen molar-refractivity contribution in [3.05, 3.63) is 77.6 Å². The van der Waals surface area contributed by atoms with Crippen molar-refractivity contribution < 1.29 is 19.2 Å². The van der Waals surface area contributed by atoms with Gasteiger partial charge in [-0.25, -0.2) is 0 Å². The smallest absolute Gasteiger partial charge is 0.272 e. The minimum atomic E-state index is -0.812. The van der Waals surface area contributed by atoms with Crippen molar-refractivity contribution in [2.75, 3.05) is 31.5 Å². The summed E-state index contributed by atoms with van der Waals surface area (Å²) in [5, 5.41) is 22.7. The molecule has 0 spiro atoms. The van der Waals surface area contributed by atoms with E-state index in [1.165, 1.54) is 4.90 Å². The van der Waals surface area contributed by atoms with Crippen molar-refractivity contribution in [1.29, 1.82) is 0 Å². The second kappa shape index (κ2) is 15.2. The fourth-order valence-corrected chi connectivity index (χ4v) is 6.38. The first-order valence-electron chi connectivity index (χ1n) is 16.5. The number of aryl methyl sites for hydroxylation is 1. The highest BCUT2D eigenvalue weighted by molar-refractivity contribution is 5.98. The minimum absolute atomic E-state index is 0.0193. The number of benzene rings is 2. The number of carbonyl (C=O) groups excluding carboxylic acids is 4. The lowest BCUT2D eigenvalue weighted by molar-refractivity contribution is -0.130. The van der Waals surface area contributed by atoms with Gasteiger partial charge in [0.1, 0.15) is 11.7 Å². The van der Waals surface area contributed by atoms with Crippen LogP contribution in [-0.4, -0.2) is 86.4 Å². The SMILES string of the molecule is Cc1cc(C(=O)N2CCNC(=O)C2)ncc1-c1ccc(CC(NC(=O)C2CCC(CN)CC2)C(=O)Nc2ccc(-c3nn[nH]n3)cc2)cc1. The molecule has 14 heteroatoms. The maximum Gasteiger partial charge on any atom is 0.272 e. The number of piperazine rings is 1. The van der Waals surface area contributed by atoms with Crippen molar-refractivity contribution in [2.45, 2.75) is 45.1 Å². The van der Waals surface area contributed by atoms with Gasteiger partial charge in [-0.3, -0.25) is 24.2 Å². The van der Waals surface area contributed by atoms with Crippen molar-refractivity contribution in [1.82, 2.24) is 41.1 Å². The van der Waals surface area contributed by atoms with Crippen molar-refractivity contribution in [3.8, 4) is 22.5 Å². The van der Waals surface area contributed by atoms with Gasteiger partial charge in [-0.2, -0.15) is 5.21 Å². The maximum absolute atomic E-state index is 13.7. The first kappa shape index (κ1) is 33.4. The van der Waals surface area contributed by atoms with Crippen LogP contribution in [-0.2, 0) is 20.8 Å². The third-order valence-electron chi connectivity index (χ3n) is 9.30. The number of rotatable bonds is 10. The fourth-order valence-electron chi connectivity index (χ4n) is 6.38. The minimum Gasteiger partial charge on any atom is -0.353 e. The average molecular weight is 665 g/mol. The number of nitrogens with one attached hydrogen (secondary N) is 4. The van der Waals surface area contributed by atoms with Crippen LogP contribution in [0.1, 0.15) is 47.3 Å². The summed E-state index contributed by atoms with van der Waals surface area (Å²) in [6.45, 7) is 3.42. The molecule has 1 saturated heterocycles. The van der Waals surface area contributed by atoms with Crippen LogP contribution >= 0.6 is 0 Å². The van der Waals surface area contributed by atoms with Gasteiger partial charge in [-0.1, -0.05) is 24.3 Å². The highest BCUT2D eigenvalue weighted by Gasteiger charge is 2.30. The highest BCUT2D eigenvalue weighted by atomic mass is 16.2. The molecule has 2 fully saturated rings. The molecule has 2 aromatic carbocycles. The molecule has 6 rings (SSSR count). The number of hydrogen-bond acceptors (Lipinski definition) is 9. The molecule has 254 valence electrons. The Morgan fingerprint density at radius 3 is 2.41 bits per heavy atom. The molecule has 2 aliphatic rings. The van der Waals surface area contributed by atoms with E-state index in [1.807, 2.05) is 31.2 Å². The zero-order valence-corrected chi connectivity index (χ0v) is 27.3. The first-order chi connectivity index (χ1) is 23.8. The Morgan fingerprint density at radius 1 is 1.02 bits per heavy atom. The molecule has 1 aliphatic heterocycles. The average Bonchev–Trinajstić information content (AvgIpc) is 3.67. The van der Waals surface area contributed by atoms with E-state index in [4.69, 9.17) is 5.73 Å². The topological polar surface area (TPSA) is 201 Å². The summed E-state index contributed by atoms with van der Waals surface area (Å²) in [6.07, 6.45) is 5.25. The summed E-state index contributed by atoms with van der Waals surface area (Å²) in [5.74, 6) is -0.191. The predicted molar refractivity (Wildman–Crippen MR) is 182 cm³/mol. The lowest BCUT2D eigenvalue weighted by Gasteiger charge is -2.28. The molecule has 2 aromatic heterocycles. The molecule has 4 aromatic rings. The lowest BCUT2D eigenvalue weighted by atomic mass is 9.81. The molecule has 0 radical (unpaired) electrons. The molecule has 0 bridgehead atoms. The number of carbonyl (C=O) groups is 4. The number of nitrogens with zero attached hydrogens (tertiary/aromatic N) is 5. The van der Waals surface area contributed by atoms with Gasteiger partial charge < -0.3 is 26.6 Å². The predicted octanol–water partition coefficient (Wildman–Crippen LogP) is 2.24. The van der Waals surface area contributed by atoms with Crippen LogP contribution in [0.5, 0.6) is 0 Å². The third kappa shape index (κ3) is 8.15. The molecule has 49 heavy (non-hydrogen) atoms. The number of aromatic amines is 1. The Kier molecular flexibility index (Phi) is 10.3. The van der Waals surface area contributed by atoms with Crippen LogP contribution < -0.4 is 21.7 Å². The largest absolute Gasteiger partial charge is 0.353 e. The third-order valence-corrected chi connectivity index (χ3v) is 9.30. The Balaban J connectivity index is 1.15. The van der Waals surface area contributed by atoms with Crippen LogP contribution in [0, 0.1) is 18.8 Å². The van der Waals surface area contributed by atoms with E-state index in [9.17, 15) is 19.2 Å². The van der Waals surface area contributed by atoms with Gasteiger partial charge in [0.15, 0.2) is 0 Å². The standard InChI is InChI=1S/C35H40N10O4/c1-21-16-30(35(49)45-15-14-37-31(46)20-45)38-19-28(21)24-6-2-22(3-7-24)17-29(40-33(47)26-8-4-23(18-36)5-9-26)34(48)39-27-12-10-25(11-13-27)32-41-43-44-42-32/h2-3,6-7,10-13,16,19,23,26,29H,4-5,8-9,14-15,17-18,20,36H2,1H3,(H,37,46)(H,39,48)(H,40,47)(H,41,42,43,44). The molecule has 1 aliphatic carbocycles. The Morgan fingerprint density at radius 2 is 1.76 bits per heavy atom. The van der Waals surface area contributed by atoms with Gasteiger partial charge in [-0.05, 0) is 97.3 Å². The molecule has 14 nitrogen and oxygen atoms in total. The Bertz CT molecular complexity index is 1790. The summed E-state index contributed by atoms with van der Waals surface area (Å²) < 4.78 is 0. The van der Waals surface area contributed by atoms with Crippen LogP contribution in [0.2, 0.25) is 0 Å². The molecular formula is C35H40N10O4. The van der Waals surface area contributed by atoms with Crippen LogP contribution in [0.4, 0.5) is 5.69 Å². The van der Waals surface area contributed by atoms with Gasteiger partial charge in [-0.15, -0.1) is 10.2 Å². The van der Waals surface area contributed by atoms with Crippen molar-refractivity contribution in [2.24, 2.45) is 17.6 Å². The lowest BCUT2D eigenvalue weighted by Crippen LogP contribution is -2.50. The Labute approximate surface area is 283 Å². The van der Waals surface area contributed by atoms with E-state index in [-0.39, 0.29) is 48.2 Å². The van der Waals surface area contributed by atoms with Crippen molar-refractivity contribution >= 4 is 29.3 Å². The second-order valence-corrected chi connectivity index (χ2v) is 12.7. The zero-order chi connectivity index (χ0) is 34.3. The van der Waals surface area contributed by atoms with E-state index in [1.54, 1.807) is 36.5 Å². The normalized spacial score (nSPS) is 18.3. The summed E-state index contributed by atoms with van der Waals surface area (Å²) >= 11 is 0. The fraction of sp³-hybridized carbons (Fsp3) is 0.371. The molecule has 1 unspecified atom stereocenters. The number of hydrogen-bond donors (Lipinski definition) is 5. The maximum atomic E-state index is 13.7. The number of amides is 4. The number of anilines is 1. The summed E-state index contributed by atoms with van der Waals surface area (Å²) in [4.78, 5) is 57.6. The van der Waals surface area contributed by atoms with Gasteiger partial charge in [0.05, 0.1) is 6.54 Å². The van der Waals surface area contributed by atoms with E-state index in [0.717, 1.165) is 53.5 Å². The van der Waals surface area contributed by atoms with Gasteiger partial charge in [0.2, 0.25) is 23.5 Å². The molecule has 1 saturated carbocycles. The van der Waals surface area contributed by atoms with Crippen LogP contribution in [0.3, 0.4) is 0 Å². The van der Waals surface area contributed by atoms with Crippen molar-refractivity contribution in [3.63, 3.8) is 0 Å².